The molecule has 0 aliphatic rings. The maximum atomic E-state index is 14.4. The highest BCUT2D eigenvalue weighted by Gasteiger charge is 2.32. The number of nitriles is 2. The van der Waals surface area contributed by atoms with Crippen molar-refractivity contribution < 1.29 is 13.2 Å². The van der Waals surface area contributed by atoms with E-state index in [0.717, 1.165) is 123 Å². The van der Waals surface area contributed by atoms with E-state index in [1.54, 1.807) is 0 Å². The lowest BCUT2D eigenvalue weighted by Gasteiger charge is -2.20. The van der Waals surface area contributed by atoms with Crippen molar-refractivity contribution in [2.24, 2.45) is 0 Å². The molecule has 4 nitrogen and oxygen atoms in total. The number of halogens is 3. The molecule has 12 rings (SSSR count). The van der Waals surface area contributed by atoms with Gasteiger partial charge in [0, 0.05) is 21.5 Å². The Kier molecular flexibility index (Phi) is 10.9. The highest BCUT2D eigenvalue weighted by molar-refractivity contribution is 6.13. The van der Waals surface area contributed by atoms with Crippen molar-refractivity contribution in [3.8, 4) is 79.1 Å². The van der Waals surface area contributed by atoms with Gasteiger partial charge in [-0.3, -0.25) is 0 Å². The number of fused-ring (bicyclic) bond motifs is 6. The van der Waals surface area contributed by atoms with E-state index in [0.29, 0.717) is 28.1 Å². The summed E-state index contributed by atoms with van der Waals surface area (Å²) in [6.07, 6.45) is -4.67. The van der Waals surface area contributed by atoms with Crippen LogP contribution in [0.15, 0.2) is 200 Å². The molecule has 0 atom stereocenters. The Labute approximate surface area is 426 Å². The molecule has 0 bridgehead atoms. The van der Waals surface area contributed by atoms with Gasteiger partial charge in [0.05, 0.1) is 50.6 Å². The van der Waals surface area contributed by atoms with Gasteiger partial charge in [0.2, 0.25) is 0 Å². The minimum absolute atomic E-state index is 0.141. The average Bonchev–Trinajstić information content (AvgIpc) is 3.95. The quantitative estimate of drug-likeness (QED) is 0.160. The monoisotopic (exact) mass is 962 g/mol. The molecule has 0 saturated carbocycles. The van der Waals surface area contributed by atoms with Gasteiger partial charge in [-0.25, -0.2) is 0 Å². The number of rotatable bonds is 7. The lowest BCUT2D eigenvalue weighted by Crippen LogP contribution is -2.07. The summed E-state index contributed by atoms with van der Waals surface area (Å²) in [6.45, 7) is 8.23. The first-order chi connectivity index (χ1) is 35.8. The normalized spacial score (nSPS) is 11.7. The van der Waals surface area contributed by atoms with Crippen molar-refractivity contribution in [1.29, 1.82) is 10.5 Å². The van der Waals surface area contributed by atoms with Gasteiger partial charge in [-0.05, 0) is 132 Å². The molecule has 0 radical (unpaired) electrons. The molecule has 0 fully saturated rings. The lowest BCUT2D eigenvalue weighted by molar-refractivity contribution is -0.137. The average molecular weight is 963 g/mol. The second kappa shape index (κ2) is 17.7. The fourth-order valence-electron chi connectivity index (χ4n) is 10.6. The molecule has 10 aromatic carbocycles. The van der Waals surface area contributed by atoms with E-state index in [4.69, 9.17) is 0 Å². The third-order valence-electron chi connectivity index (χ3n) is 14.5. The Morgan fingerprint density at radius 3 is 0.932 bits per heavy atom. The zero-order valence-corrected chi connectivity index (χ0v) is 41.0. The first kappa shape index (κ1) is 45.7. The number of benzene rings is 10. The highest BCUT2D eigenvalue weighted by atomic mass is 19.4. The van der Waals surface area contributed by atoms with Gasteiger partial charge in [0.1, 0.15) is 11.6 Å². The molecule has 0 amide bonds. The predicted octanol–water partition coefficient (Wildman–Crippen LogP) is 18.2. The zero-order valence-electron chi connectivity index (χ0n) is 41.0. The standard InChI is InChI=1S/C67H45F3N4/c1-40-5-13-44(14-6-40)48-21-26-56-57-27-22-49(45-15-7-41(2)8-16-45)33-62(57)73(61(56)32-48)65-36-52(55-30-25-54(67(68,69)70)31-53(55)38-71)37-66(60(65)39-72)74-63-34-50(46-17-9-42(3)10-18-46)23-28-58(63)59-29-24-51(35-64(59)74)47-19-11-43(4)12-20-47/h5-37H,1-4H3. The summed E-state index contributed by atoms with van der Waals surface area (Å²) in [7, 11) is 0. The summed E-state index contributed by atoms with van der Waals surface area (Å²) in [5, 5.41) is 26.5. The van der Waals surface area contributed by atoms with E-state index in [1.807, 2.05) is 12.1 Å². The third kappa shape index (κ3) is 7.87. The maximum absolute atomic E-state index is 14.4. The number of aryl methyl sites for hydroxylation is 4. The van der Waals surface area contributed by atoms with E-state index in [1.165, 1.54) is 6.07 Å². The van der Waals surface area contributed by atoms with Crippen molar-refractivity contribution in [2.45, 2.75) is 33.9 Å². The Hall–Kier alpha value is -9.43. The minimum atomic E-state index is -4.67. The molecule has 12 aromatic rings. The number of hydrogen-bond donors (Lipinski definition) is 0. The van der Waals surface area contributed by atoms with Crippen LogP contribution in [0, 0.1) is 50.4 Å². The number of aromatic nitrogens is 2. The van der Waals surface area contributed by atoms with Gasteiger partial charge in [-0.1, -0.05) is 174 Å². The molecule has 2 aromatic heterocycles. The molecular weight excluding hydrogens is 918 g/mol. The predicted molar refractivity (Wildman–Crippen MR) is 296 cm³/mol. The fraction of sp³-hybridized carbons (Fsp3) is 0.0746. The van der Waals surface area contributed by atoms with E-state index in [-0.39, 0.29) is 5.56 Å². The van der Waals surface area contributed by atoms with Gasteiger partial charge < -0.3 is 9.13 Å². The minimum Gasteiger partial charge on any atom is -0.308 e. The molecule has 0 N–H and O–H groups in total. The second-order valence-electron chi connectivity index (χ2n) is 19.4. The first-order valence-electron chi connectivity index (χ1n) is 24.5. The lowest BCUT2D eigenvalue weighted by atomic mass is 9.95. The Morgan fingerprint density at radius 1 is 0.338 bits per heavy atom. The van der Waals surface area contributed by atoms with Crippen LogP contribution in [-0.2, 0) is 6.18 Å². The smallest absolute Gasteiger partial charge is 0.308 e. The molecule has 0 aliphatic carbocycles. The van der Waals surface area contributed by atoms with Gasteiger partial charge in [0.25, 0.3) is 0 Å². The molecular formula is C67H45F3N4. The summed E-state index contributed by atoms with van der Waals surface area (Å²) in [4.78, 5) is 0. The van der Waals surface area contributed by atoms with Crippen LogP contribution in [0.3, 0.4) is 0 Å². The summed E-state index contributed by atoms with van der Waals surface area (Å²) in [6, 6.07) is 70.9. The molecule has 0 spiro atoms. The Bertz CT molecular complexity index is 3870. The van der Waals surface area contributed by atoms with Crippen LogP contribution < -0.4 is 0 Å². The number of hydrogen-bond acceptors (Lipinski definition) is 2. The van der Waals surface area contributed by atoms with E-state index < -0.39 is 11.7 Å². The molecule has 354 valence electrons. The molecule has 0 aliphatic heterocycles. The van der Waals surface area contributed by atoms with E-state index >= 15 is 0 Å². The van der Waals surface area contributed by atoms with E-state index in [2.05, 4.69) is 219 Å². The van der Waals surface area contributed by atoms with Gasteiger partial charge in [-0.15, -0.1) is 0 Å². The van der Waals surface area contributed by atoms with E-state index in [9.17, 15) is 23.7 Å². The SMILES string of the molecule is Cc1ccc(-c2ccc3c4ccc(-c5ccc(C)cc5)cc4n(-c4cc(-c5ccc(C(F)(F)F)cc5C#N)cc(-n5c6cc(-c7ccc(C)cc7)ccc6c6ccc(-c7ccc(C)cc7)cc65)c4C#N)c3c2)cc1. The molecule has 74 heavy (non-hydrogen) atoms. The van der Waals surface area contributed by atoms with Gasteiger partial charge in [-0.2, -0.15) is 23.7 Å². The molecule has 7 heteroatoms. The highest BCUT2D eigenvalue weighted by Crippen LogP contribution is 2.44. The van der Waals surface area contributed by atoms with Crippen molar-refractivity contribution in [1.82, 2.24) is 9.13 Å². The largest absolute Gasteiger partial charge is 0.416 e. The third-order valence-corrected chi connectivity index (χ3v) is 14.5. The summed E-state index contributed by atoms with van der Waals surface area (Å²) < 4.78 is 47.4. The van der Waals surface area contributed by atoms with Crippen LogP contribution in [0.4, 0.5) is 13.2 Å². The number of nitrogens with zero attached hydrogens (tertiary/aromatic N) is 4. The van der Waals surface area contributed by atoms with Crippen LogP contribution in [0.2, 0.25) is 0 Å². The summed E-state index contributed by atoms with van der Waals surface area (Å²) in [5.74, 6) is 0. The number of alkyl halides is 3. The van der Waals surface area contributed by atoms with Crippen molar-refractivity contribution in [3.05, 3.63) is 239 Å². The van der Waals surface area contributed by atoms with Crippen molar-refractivity contribution >= 4 is 43.6 Å². The van der Waals surface area contributed by atoms with Crippen LogP contribution >= 0.6 is 0 Å². The van der Waals surface area contributed by atoms with Gasteiger partial charge >= 0.3 is 6.18 Å². The topological polar surface area (TPSA) is 57.4 Å². The summed E-state index contributed by atoms with van der Waals surface area (Å²) in [5.41, 5.74) is 16.9. The Balaban J connectivity index is 1.24. The molecule has 2 heterocycles. The Morgan fingerprint density at radius 2 is 0.649 bits per heavy atom. The maximum Gasteiger partial charge on any atom is 0.416 e. The van der Waals surface area contributed by atoms with Gasteiger partial charge in [0.15, 0.2) is 0 Å². The van der Waals surface area contributed by atoms with Crippen LogP contribution in [0.25, 0.3) is 111 Å². The fourth-order valence-corrected chi connectivity index (χ4v) is 10.6. The first-order valence-corrected chi connectivity index (χ1v) is 24.5. The zero-order chi connectivity index (χ0) is 51.0. The van der Waals surface area contributed by atoms with Crippen molar-refractivity contribution in [3.63, 3.8) is 0 Å². The summed E-state index contributed by atoms with van der Waals surface area (Å²) >= 11 is 0. The van der Waals surface area contributed by atoms with Crippen molar-refractivity contribution in [2.75, 3.05) is 0 Å². The molecule has 0 unspecified atom stereocenters. The van der Waals surface area contributed by atoms with Crippen LogP contribution in [-0.4, -0.2) is 9.13 Å². The second-order valence-corrected chi connectivity index (χ2v) is 19.4. The van der Waals surface area contributed by atoms with Crippen LogP contribution in [0.5, 0.6) is 0 Å². The molecule has 0 saturated heterocycles. The van der Waals surface area contributed by atoms with Crippen LogP contribution in [0.1, 0.15) is 38.9 Å².